The van der Waals surface area contributed by atoms with Gasteiger partial charge in [-0.2, -0.15) is 0 Å². The van der Waals surface area contributed by atoms with Crippen molar-refractivity contribution in [2.75, 3.05) is 6.26 Å². The van der Waals surface area contributed by atoms with Crippen LogP contribution in [0.5, 0.6) is 0 Å². The van der Waals surface area contributed by atoms with Crippen LogP contribution >= 0.6 is 0 Å². The summed E-state index contributed by atoms with van der Waals surface area (Å²) in [5, 5.41) is -0.0116. The van der Waals surface area contributed by atoms with Crippen LogP contribution in [0.25, 0.3) is 0 Å². The second kappa shape index (κ2) is 1.47. The molecule has 0 aromatic carbocycles. The van der Waals surface area contributed by atoms with Crippen molar-refractivity contribution < 1.29 is 8.42 Å². The molecule has 0 aromatic rings. The van der Waals surface area contributed by atoms with E-state index in [2.05, 4.69) is 0 Å². The van der Waals surface area contributed by atoms with Gasteiger partial charge in [-0.1, -0.05) is 6.92 Å². The molecule has 48 valence electrons. The Labute approximate surface area is 49.8 Å². The fourth-order valence-electron chi connectivity index (χ4n) is 0.885. The van der Waals surface area contributed by atoms with Gasteiger partial charge < -0.3 is 0 Å². The van der Waals surface area contributed by atoms with Crippen molar-refractivity contribution in [3.05, 3.63) is 0 Å². The van der Waals surface area contributed by atoms with Gasteiger partial charge in [0.2, 0.25) is 0 Å². The van der Waals surface area contributed by atoms with Crippen molar-refractivity contribution in [2.24, 2.45) is 5.92 Å². The van der Waals surface area contributed by atoms with Crippen molar-refractivity contribution in [2.45, 2.75) is 18.6 Å². The Balaban J connectivity index is 2.66. The van der Waals surface area contributed by atoms with Crippen LogP contribution in [0.2, 0.25) is 0 Å². The first kappa shape index (κ1) is 6.08. The predicted octanol–water partition coefficient (Wildman–Crippen LogP) is 0.439. The molecule has 1 rings (SSSR count). The van der Waals surface area contributed by atoms with E-state index in [0.29, 0.717) is 5.92 Å². The molecule has 0 amide bonds. The van der Waals surface area contributed by atoms with Crippen LogP contribution in [-0.4, -0.2) is 19.9 Å². The van der Waals surface area contributed by atoms with E-state index >= 15 is 0 Å². The Hall–Kier alpha value is -0.0500. The van der Waals surface area contributed by atoms with Gasteiger partial charge in [0.25, 0.3) is 0 Å². The smallest absolute Gasteiger partial charge is 0.150 e. The summed E-state index contributed by atoms with van der Waals surface area (Å²) in [6.45, 7) is 1.96. The molecule has 2 unspecified atom stereocenters. The van der Waals surface area contributed by atoms with Gasteiger partial charge in [-0.05, 0) is 12.3 Å². The van der Waals surface area contributed by atoms with Crippen LogP contribution in [0, 0.1) is 5.92 Å². The molecule has 8 heavy (non-hydrogen) atoms. The van der Waals surface area contributed by atoms with E-state index in [-0.39, 0.29) is 5.25 Å². The van der Waals surface area contributed by atoms with Gasteiger partial charge in [-0.25, -0.2) is 8.42 Å². The summed E-state index contributed by atoms with van der Waals surface area (Å²) < 4.78 is 21.2. The molecule has 2 atom stereocenters. The Morgan fingerprint density at radius 1 is 1.50 bits per heavy atom. The molecular formula is C5H10O2S. The maximum absolute atomic E-state index is 10.6. The Morgan fingerprint density at radius 3 is 1.88 bits per heavy atom. The predicted molar refractivity (Wildman–Crippen MR) is 32.4 cm³/mol. The summed E-state index contributed by atoms with van der Waals surface area (Å²) >= 11 is 0. The minimum atomic E-state index is -2.68. The number of sulfone groups is 1. The third kappa shape index (κ3) is 1.02. The lowest BCUT2D eigenvalue weighted by atomic mass is 10.5. The fraction of sp³-hybridized carbons (Fsp3) is 1.00. The van der Waals surface area contributed by atoms with E-state index in [0.717, 1.165) is 6.42 Å². The van der Waals surface area contributed by atoms with Crippen LogP contribution < -0.4 is 0 Å². The van der Waals surface area contributed by atoms with Crippen LogP contribution in [-0.2, 0) is 9.84 Å². The second-order valence-corrected chi connectivity index (χ2v) is 4.85. The molecule has 0 spiro atoms. The molecule has 0 aliphatic heterocycles. The highest BCUT2D eigenvalue weighted by atomic mass is 32.2. The maximum Gasteiger partial charge on any atom is 0.150 e. The summed E-state index contributed by atoms with van der Waals surface area (Å²) in [6.07, 6.45) is 2.18. The van der Waals surface area contributed by atoms with Gasteiger partial charge in [0.1, 0.15) is 0 Å². The standard InChI is InChI=1S/C5H10O2S/c1-4-3-5(4)8(2,6)7/h4-5H,3H2,1-2H3. The van der Waals surface area contributed by atoms with Crippen molar-refractivity contribution in [1.82, 2.24) is 0 Å². The lowest BCUT2D eigenvalue weighted by Gasteiger charge is -1.87. The molecule has 0 heterocycles. The van der Waals surface area contributed by atoms with Crippen molar-refractivity contribution >= 4 is 9.84 Å². The van der Waals surface area contributed by atoms with Crippen LogP contribution in [0.3, 0.4) is 0 Å². The zero-order valence-corrected chi connectivity index (χ0v) is 5.90. The molecule has 0 N–H and O–H groups in total. The van der Waals surface area contributed by atoms with E-state index in [9.17, 15) is 8.42 Å². The van der Waals surface area contributed by atoms with Gasteiger partial charge >= 0.3 is 0 Å². The maximum atomic E-state index is 10.6. The second-order valence-electron chi connectivity index (χ2n) is 2.58. The average Bonchev–Trinajstić information content (AvgIpc) is 2.13. The number of hydrogen-bond donors (Lipinski definition) is 0. The quantitative estimate of drug-likeness (QED) is 0.521. The van der Waals surface area contributed by atoms with Gasteiger partial charge in [0, 0.05) is 6.26 Å². The molecule has 1 aliphatic rings. The van der Waals surface area contributed by atoms with E-state index in [1.54, 1.807) is 0 Å². The lowest BCUT2D eigenvalue weighted by Crippen LogP contribution is -2.03. The summed E-state index contributed by atoms with van der Waals surface area (Å²) in [4.78, 5) is 0. The third-order valence-electron chi connectivity index (χ3n) is 1.59. The minimum Gasteiger partial charge on any atom is -0.229 e. The van der Waals surface area contributed by atoms with Crippen molar-refractivity contribution in [3.8, 4) is 0 Å². The molecular weight excluding hydrogens is 124 g/mol. The largest absolute Gasteiger partial charge is 0.229 e. The van der Waals surface area contributed by atoms with Crippen molar-refractivity contribution in [3.63, 3.8) is 0 Å². The van der Waals surface area contributed by atoms with E-state index < -0.39 is 9.84 Å². The van der Waals surface area contributed by atoms with Crippen molar-refractivity contribution in [1.29, 1.82) is 0 Å². The molecule has 2 nitrogen and oxygen atoms in total. The van der Waals surface area contributed by atoms with Gasteiger partial charge in [-0.3, -0.25) is 0 Å². The first-order valence-electron chi connectivity index (χ1n) is 2.70. The van der Waals surface area contributed by atoms with Crippen LogP contribution in [0.15, 0.2) is 0 Å². The van der Waals surface area contributed by atoms with Crippen LogP contribution in [0.4, 0.5) is 0 Å². The van der Waals surface area contributed by atoms with Gasteiger partial charge in [0.05, 0.1) is 5.25 Å². The summed E-state index contributed by atoms with van der Waals surface area (Å²) in [5.41, 5.74) is 0. The monoisotopic (exact) mass is 134 g/mol. The molecule has 1 saturated carbocycles. The highest BCUT2D eigenvalue weighted by Gasteiger charge is 2.40. The summed E-state index contributed by atoms with van der Waals surface area (Å²) in [7, 11) is -2.68. The number of hydrogen-bond acceptors (Lipinski definition) is 2. The van der Waals surface area contributed by atoms with E-state index in [4.69, 9.17) is 0 Å². The first-order valence-corrected chi connectivity index (χ1v) is 4.66. The van der Waals surface area contributed by atoms with Gasteiger partial charge in [-0.15, -0.1) is 0 Å². The van der Waals surface area contributed by atoms with Crippen LogP contribution in [0.1, 0.15) is 13.3 Å². The fourth-order valence-corrected chi connectivity index (χ4v) is 2.38. The lowest BCUT2D eigenvalue weighted by molar-refractivity contribution is 0.599. The molecule has 0 saturated heterocycles. The third-order valence-corrected chi connectivity index (χ3v) is 3.34. The summed E-state index contributed by atoms with van der Waals surface area (Å²) in [6, 6.07) is 0. The normalized spacial score (nSPS) is 37.2. The molecule has 1 fully saturated rings. The molecule has 0 aromatic heterocycles. The number of rotatable bonds is 1. The average molecular weight is 134 g/mol. The zero-order chi connectivity index (χ0) is 6.36. The minimum absolute atomic E-state index is 0.0116. The molecule has 0 bridgehead atoms. The topological polar surface area (TPSA) is 34.1 Å². The molecule has 1 aliphatic carbocycles. The zero-order valence-electron chi connectivity index (χ0n) is 5.09. The SMILES string of the molecule is CC1CC1S(C)(=O)=O. The van der Waals surface area contributed by atoms with E-state index in [1.165, 1.54) is 6.26 Å². The first-order chi connectivity index (χ1) is 3.52. The molecule has 0 radical (unpaired) electrons. The molecule has 3 heteroatoms. The Bertz CT molecular complexity index is 181. The highest BCUT2D eigenvalue weighted by Crippen LogP contribution is 2.35. The summed E-state index contributed by atoms with van der Waals surface area (Å²) in [5.74, 6) is 0.421. The highest BCUT2D eigenvalue weighted by molar-refractivity contribution is 7.91. The van der Waals surface area contributed by atoms with E-state index in [1.807, 2.05) is 6.92 Å². The van der Waals surface area contributed by atoms with Gasteiger partial charge in [0.15, 0.2) is 9.84 Å². The Morgan fingerprint density at radius 2 is 1.88 bits per heavy atom. The Kier molecular flexibility index (Phi) is 1.11.